The molecule has 0 spiro atoms. The summed E-state index contributed by atoms with van der Waals surface area (Å²) >= 11 is 0. The van der Waals surface area contributed by atoms with Crippen LogP contribution in [0.15, 0.2) is 42.5 Å². The van der Waals surface area contributed by atoms with Gasteiger partial charge in [0.15, 0.2) is 0 Å². The number of carbonyl (C=O) groups excluding carboxylic acids is 1. The van der Waals surface area contributed by atoms with Gasteiger partial charge in [-0.2, -0.15) is 13.2 Å². The number of hydrogen-bond acceptors (Lipinski definition) is 4. The first-order valence-corrected chi connectivity index (χ1v) is 8.08. The molecular weight excluding hydrogens is 363 g/mol. The van der Waals surface area contributed by atoms with Crippen LogP contribution in [0, 0.1) is 17.0 Å². The van der Waals surface area contributed by atoms with Gasteiger partial charge in [0.1, 0.15) is 5.69 Å². The third kappa shape index (κ3) is 5.98. The molecule has 144 valence electrons. The Hall–Kier alpha value is -3.10. The summed E-state index contributed by atoms with van der Waals surface area (Å²) in [5, 5.41) is 16.3. The molecule has 0 fully saturated rings. The lowest BCUT2D eigenvalue weighted by molar-refractivity contribution is -0.384. The largest absolute Gasteiger partial charge is 0.416 e. The zero-order chi connectivity index (χ0) is 20.0. The van der Waals surface area contributed by atoms with Gasteiger partial charge in [-0.25, -0.2) is 0 Å². The smallest absolute Gasteiger partial charge is 0.379 e. The standard InChI is InChI=1S/C18H18F3N3O3/c1-12-2-4-13(5-3-12)11-23-17(25)8-9-22-15-7-6-14(18(19,20)21)10-16(15)24(26)27/h2-7,10,22H,8-9,11H2,1H3,(H,23,25). The number of alkyl halides is 3. The number of aryl methyl sites for hydroxylation is 1. The highest BCUT2D eigenvalue weighted by Gasteiger charge is 2.33. The fourth-order valence-corrected chi connectivity index (χ4v) is 2.31. The van der Waals surface area contributed by atoms with Crippen LogP contribution in [0.25, 0.3) is 0 Å². The van der Waals surface area contributed by atoms with E-state index in [1.54, 1.807) is 0 Å². The molecule has 9 heteroatoms. The Morgan fingerprint density at radius 2 is 1.81 bits per heavy atom. The third-order valence-electron chi connectivity index (χ3n) is 3.80. The maximum Gasteiger partial charge on any atom is 0.416 e. The normalized spacial score (nSPS) is 11.1. The van der Waals surface area contributed by atoms with Crippen molar-refractivity contribution >= 4 is 17.3 Å². The van der Waals surface area contributed by atoms with E-state index in [2.05, 4.69) is 10.6 Å². The van der Waals surface area contributed by atoms with Crippen molar-refractivity contribution in [2.45, 2.75) is 26.1 Å². The summed E-state index contributed by atoms with van der Waals surface area (Å²) < 4.78 is 38.0. The summed E-state index contributed by atoms with van der Waals surface area (Å²) in [7, 11) is 0. The lowest BCUT2D eigenvalue weighted by Crippen LogP contribution is -2.25. The second-order valence-electron chi connectivity index (χ2n) is 5.93. The van der Waals surface area contributed by atoms with Crippen LogP contribution in [0.1, 0.15) is 23.1 Å². The molecule has 6 nitrogen and oxygen atoms in total. The van der Waals surface area contributed by atoms with Crippen molar-refractivity contribution in [3.8, 4) is 0 Å². The molecular formula is C18H18F3N3O3. The lowest BCUT2D eigenvalue weighted by Gasteiger charge is -2.11. The quantitative estimate of drug-likeness (QED) is 0.560. The van der Waals surface area contributed by atoms with E-state index in [0.717, 1.165) is 23.3 Å². The number of hydrogen-bond donors (Lipinski definition) is 2. The average Bonchev–Trinajstić information content (AvgIpc) is 2.60. The molecule has 0 aromatic heterocycles. The number of nitrogens with one attached hydrogen (secondary N) is 2. The number of nitro benzene ring substituents is 1. The first-order chi connectivity index (χ1) is 12.7. The van der Waals surface area contributed by atoms with Crippen LogP contribution in [-0.2, 0) is 17.5 Å². The number of carbonyl (C=O) groups is 1. The van der Waals surface area contributed by atoms with Gasteiger partial charge in [0.05, 0.1) is 10.5 Å². The molecule has 0 aliphatic rings. The zero-order valence-electron chi connectivity index (χ0n) is 14.5. The molecule has 0 aliphatic carbocycles. The van der Waals surface area contributed by atoms with Crippen LogP contribution < -0.4 is 10.6 Å². The number of nitro groups is 1. The fraction of sp³-hybridized carbons (Fsp3) is 0.278. The Morgan fingerprint density at radius 1 is 1.15 bits per heavy atom. The number of anilines is 1. The Morgan fingerprint density at radius 3 is 2.41 bits per heavy atom. The molecule has 0 unspecified atom stereocenters. The predicted octanol–water partition coefficient (Wildman–Crippen LogP) is 4.04. The van der Waals surface area contributed by atoms with E-state index in [0.29, 0.717) is 12.6 Å². The van der Waals surface area contributed by atoms with Crippen molar-refractivity contribution < 1.29 is 22.9 Å². The van der Waals surface area contributed by atoms with E-state index in [1.165, 1.54) is 0 Å². The van der Waals surface area contributed by atoms with Gasteiger partial charge in [-0.15, -0.1) is 0 Å². The van der Waals surface area contributed by atoms with Gasteiger partial charge in [0.25, 0.3) is 5.69 Å². The molecule has 0 saturated heterocycles. The molecule has 0 atom stereocenters. The van der Waals surface area contributed by atoms with Gasteiger partial charge in [0, 0.05) is 25.6 Å². The minimum atomic E-state index is -4.67. The topological polar surface area (TPSA) is 84.3 Å². The zero-order valence-corrected chi connectivity index (χ0v) is 14.5. The second-order valence-corrected chi connectivity index (χ2v) is 5.93. The number of halogens is 3. The summed E-state index contributed by atoms with van der Waals surface area (Å²) in [6.45, 7) is 2.35. The van der Waals surface area contributed by atoms with E-state index in [-0.39, 0.29) is 24.6 Å². The van der Waals surface area contributed by atoms with E-state index in [4.69, 9.17) is 0 Å². The Balaban J connectivity index is 1.89. The molecule has 0 bridgehead atoms. The van der Waals surface area contributed by atoms with Crippen molar-refractivity contribution in [1.82, 2.24) is 5.32 Å². The highest BCUT2D eigenvalue weighted by molar-refractivity contribution is 5.76. The number of benzene rings is 2. The molecule has 27 heavy (non-hydrogen) atoms. The van der Waals surface area contributed by atoms with Gasteiger partial charge in [-0.1, -0.05) is 29.8 Å². The van der Waals surface area contributed by atoms with Crippen LogP contribution in [-0.4, -0.2) is 17.4 Å². The maximum atomic E-state index is 12.7. The molecule has 0 radical (unpaired) electrons. The van der Waals surface area contributed by atoms with Crippen molar-refractivity contribution in [2.75, 3.05) is 11.9 Å². The van der Waals surface area contributed by atoms with Gasteiger partial charge in [0.2, 0.25) is 5.91 Å². The van der Waals surface area contributed by atoms with Gasteiger partial charge in [-0.3, -0.25) is 14.9 Å². The minimum Gasteiger partial charge on any atom is -0.379 e. The molecule has 2 aromatic carbocycles. The molecule has 0 heterocycles. The van der Waals surface area contributed by atoms with Gasteiger partial charge < -0.3 is 10.6 Å². The van der Waals surface area contributed by atoms with Crippen molar-refractivity contribution in [1.29, 1.82) is 0 Å². The minimum absolute atomic E-state index is 0.0179. The summed E-state index contributed by atoms with van der Waals surface area (Å²) in [5.41, 5.74) is 0.174. The summed E-state index contributed by atoms with van der Waals surface area (Å²) in [6.07, 6.45) is -4.65. The molecule has 0 aliphatic heterocycles. The van der Waals surface area contributed by atoms with Gasteiger partial charge >= 0.3 is 6.18 Å². The first-order valence-electron chi connectivity index (χ1n) is 8.08. The lowest BCUT2D eigenvalue weighted by atomic mass is 10.1. The van der Waals surface area contributed by atoms with Crippen LogP contribution in [0.3, 0.4) is 0 Å². The van der Waals surface area contributed by atoms with Crippen LogP contribution >= 0.6 is 0 Å². The van der Waals surface area contributed by atoms with Crippen LogP contribution in [0.5, 0.6) is 0 Å². The first kappa shape index (κ1) is 20.2. The van der Waals surface area contributed by atoms with Crippen LogP contribution in [0.2, 0.25) is 0 Å². The SMILES string of the molecule is Cc1ccc(CNC(=O)CCNc2ccc(C(F)(F)F)cc2[N+](=O)[O-])cc1. The van der Waals surface area contributed by atoms with Crippen molar-refractivity contribution in [2.24, 2.45) is 0 Å². The highest BCUT2D eigenvalue weighted by atomic mass is 19.4. The maximum absolute atomic E-state index is 12.7. The highest BCUT2D eigenvalue weighted by Crippen LogP contribution is 2.34. The summed E-state index contributed by atoms with van der Waals surface area (Å²) in [5.74, 6) is -0.280. The van der Waals surface area contributed by atoms with Crippen molar-refractivity contribution in [3.63, 3.8) is 0 Å². The third-order valence-corrected chi connectivity index (χ3v) is 3.80. The Bertz CT molecular complexity index is 821. The molecule has 2 N–H and O–H groups in total. The average molecular weight is 381 g/mol. The van der Waals surface area contributed by atoms with E-state index < -0.39 is 22.4 Å². The molecule has 0 saturated carbocycles. The summed E-state index contributed by atoms with van der Waals surface area (Å²) in [6, 6.07) is 9.84. The van der Waals surface area contributed by atoms with Crippen molar-refractivity contribution in [3.05, 3.63) is 69.3 Å². The molecule has 1 amide bonds. The van der Waals surface area contributed by atoms with E-state index in [1.807, 2.05) is 31.2 Å². The fourth-order valence-electron chi connectivity index (χ4n) is 2.31. The Kier molecular flexibility index (Phi) is 6.38. The number of nitrogens with zero attached hydrogens (tertiary/aromatic N) is 1. The van der Waals surface area contributed by atoms with E-state index in [9.17, 15) is 28.1 Å². The predicted molar refractivity (Wildman–Crippen MR) is 94.2 cm³/mol. The summed E-state index contributed by atoms with van der Waals surface area (Å²) in [4.78, 5) is 22.0. The van der Waals surface area contributed by atoms with E-state index >= 15 is 0 Å². The number of rotatable bonds is 7. The Labute approximate surface area is 153 Å². The molecule has 2 rings (SSSR count). The van der Waals surface area contributed by atoms with Crippen LogP contribution in [0.4, 0.5) is 24.5 Å². The second kappa shape index (κ2) is 8.52. The monoisotopic (exact) mass is 381 g/mol. The van der Waals surface area contributed by atoms with Gasteiger partial charge in [-0.05, 0) is 24.6 Å². The molecule has 2 aromatic rings. The number of amides is 1.